The minimum atomic E-state index is -0.175. The third kappa shape index (κ3) is 1.75. The van der Waals surface area contributed by atoms with Gasteiger partial charge in [-0.2, -0.15) is 11.3 Å². The maximum absolute atomic E-state index is 12.1. The number of nitrogens with zero attached hydrogens (tertiary/aromatic N) is 1. The second-order valence-electron chi connectivity index (χ2n) is 4.19. The molecule has 0 radical (unpaired) electrons. The Balaban J connectivity index is 1.80. The number of fused-ring (bicyclic) bond motifs is 1. The van der Waals surface area contributed by atoms with E-state index >= 15 is 0 Å². The van der Waals surface area contributed by atoms with Crippen molar-refractivity contribution in [2.45, 2.75) is 6.42 Å². The predicted molar refractivity (Wildman–Crippen MR) is 69.8 cm³/mol. The molecule has 1 aliphatic heterocycles. The first-order valence-electron chi connectivity index (χ1n) is 5.73. The molecule has 0 atom stereocenters. The first kappa shape index (κ1) is 11.2. The highest BCUT2D eigenvalue weighted by atomic mass is 32.1. The van der Waals surface area contributed by atoms with Gasteiger partial charge in [0.2, 0.25) is 0 Å². The molecule has 0 saturated heterocycles. The number of benzene rings is 1. The van der Waals surface area contributed by atoms with Crippen LogP contribution >= 0.6 is 11.3 Å². The van der Waals surface area contributed by atoms with Crippen molar-refractivity contribution in [2.75, 3.05) is 6.54 Å². The van der Waals surface area contributed by atoms with Crippen LogP contribution in [0.15, 0.2) is 41.1 Å². The third-order valence-corrected chi connectivity index (χ3v) is 3.81. The number of carbonyl (C=O) groups excluding carboxylic acids is 2. The van der Waals surface area contributed by atoms with Crippen LogP contribution in [0.25, 0.3) is 0 Å². The summed E-state index contributed by atoms with van der Waals surface area (Å²) in [6, 6.07) is 9.00. The fourth-order valence-electron chi connectivity index (χ4n) is 2.12. The summed E-state index contributed by atoms with van der Waals surface area (Å²) in [5.74, 6) is -0.350. The lowest BCUT2D eigenvalue weighted by molar-refractivity contribution is 0.0656. The SMILES string of the molecule is O=C1c2ccccc2C(=O)N1CCc1ccsc1. The van der Waals surface area contributed by atoms with Crippen molar-refractivity contribution in [3.05, 3.63) is 57.8 Å². The number of imide groups is 1. The normalized spacial score (nSPS) is 14.1. The Hall–Kier alpha value is -1.94. The molecule has 2 amide bonds. The average Bonchev–Trinajstić information content (AvgIpc) is 2.98. The van der Waals surface area contributed by atoms with Gasteiger partial charge >= 0.3 is 0 Å². The van der Waals surface area contributed by atoms with Gasteiger partial charge in [-0.3, -0.25) is 14.5 Å². The molecule has 3 rings (SSSR count). The van der Waals surface area contributed by atoms with Gasteiger partial charge in [0.25, 0.3) is 11.8 Å². The number of carbonyl (C=O) groups is 2. The summed E-state index contributed by atoms with van der Waals surface area (Å²) in [5.41, 5.74) is 2.21. The molecule has 0 spiro atoms. The molecule has 0 saturated carbocycles. The van der Waals surface area contributed by atoms with Crippen LogP contribution < -0.4 is 0 Å². The largest absolute Gasteiger partial charge is 0.274 e. The minimum Gasteiger partial charge on any atom is -0.274 e. The predicted octanol–water partition coefficient (Wildman–Crippen LogP) is 2.59. The van der Waals surface area contributed by atoms with Gasteiger partial charge in [-0.1, -0.05) is 12.1 Å². The lowest BCUT2D eigenvalue weighted by atomic mass is 10.1. The van der Waals surface area contributed by atoms with E-state index in [0.717, 1.165) is 12.0 Å². The Morgan fingerprint density at radius 1 is 1.00 bits per heavy atom. The molecule has 2 aromatic rings. The van der Waals surface area contributed by atoms with E-state index in [1.54, 1.807) is 35.6 Å². The summed E-state index contributed by atoms with van der Waals surface area (Å²) in [5, 5.41) is 4.04. The second kappa shape index (κ2) is 4.38. The molecule has 1 aromatic carbocycles. The molecule has 2 heterocycles. The molecule has 0 aliphatic carbocycles. The average molecular weight is 257 g/mol. The maximum Gasteiger partial charge on any atom is 0.261 e. The fraction of sp³-hybridized carbons (Fsp3) is 0.143. The van der Waals surface area contributed by atoms with E-state index in [2.05, 4.69) is 0 Å². The second-order valence-corrected chi connectivity index (χ2v) is 4.97. The van der Waals surface area contributed by atoms with Crippen LogP contribution in [0.5, 0.6) is 0 Å². The van der Waals surface area contributed by atoms with E-state index in [9.17, 15) is 9.59 Å². The van der Waals surface area contributed by atoms with Gasteiger partial charge in [0.15, 0.2) is 0 Å². The summed E-state index contributed by atoms with van der Waals surface area (Å²) >= 11 is 1.62. The van der Waals surface area contributed by atoms with Crippen LogP contribution in [0.2, 0.25) is 0 Å². The summed E-state index contributed by atoms with van der Waals surface area (Å²) in [4.78, 5) is 25.5. The van der Waals surface area contributed by atoms with Crippen molar-refractivity contribution >= 4 is 23.2 Å². The molecule has 0 bridgehead atoms. The number of amides is 2. The first-order chi connectivity index (χ1) is 8.77. The molecule has 0 fully saturated rings. The van der Waals surface area contributed by atoms with Crippen LogP contribution in [0, 0.1) is 0 Å². The van der Waals surface area contributed by atoms with Gasteiger partial charge in [-0.05, 0) is 40.9 Å². The quantitative estimate of drug-likeness (QED) is 0.792. The van der Waals surface area contributed by atoms with E-state index in [1.807, 2.05) is 16.8 Å². The zero-order chi connectivity index (χ0) is 12.5. The number of hydrogen-bond acceptors (Lipinski definition) is 3. The highest BCUT2D eigenvalue weighted by Gasteiger charge is 2.34. The molecule has 3 nitrogen and oxygen atoms in total. The molecular weight excluding hydrogens is 246 g/mol. The van der Waals surface area contributed by atoms with Crippen LogP contribution in [-0.2, 0) is 6.42 Å². The highest BCUT2D eigenvalue weighted by molar-refractivity contribution is 7.07. The van der Waals surface area contributed by atoms with Crippen LogP contribution in [0.3, 0.4) is 0 Å². The monoisotopic (exact) mass is 257 g/mol. The van der Waals surface area contributed by atoms with Crippen molar-refractivity contribution in [2.24, 2.45) is 0 Å². The zero-order valence-corrected chi connectivity index (χ0v) is 10.4. The van der Waals surface area contributed by atoms with Gasteiger partial charge in [-0.25, -0.2) is 0 Å². The Bertz CT molecular complexity index is 569. The number of hydrogen-bond donors (Lipinski definition) is 0. The highest BCUT2D eigenvalue weighted by Crippen LogP contribution is 2.22. The van der Waals surface area contributed by atoms with E-state index in [1.165, 1.54) is 4.90 Å². The molecule has 1 aliphatic rings. The van der Waals surface area contributed by atoms with E-state index in [0.29, 0.717) is 17.7 Å². The molecule has 18 heavy (non-hydrogen) atoms. The van der Waals surface area contributed by atoms with Crippen LogP contribution in [0.4, 0.5) is 0 Å². The van der Waals surface area contributed by atoms with E-state index in [4.69, 9.17) is 0 Å². The van der Waals surface area contributed by atoms with Crippen LogP contribution in [-0.4, -0.2) is 23.3 Å². The zero-order valence-electron chi connectivity index (χ0n) is 9.63. The summed E-state index contributed by atoms with van der Waals surface area (Å²) in [6.07, 6.45) is 0.717. The molecule has 4 heteroatoms. The van der Waals surface area contributed by atoms with Crippen molar-refractivity contribution in [3.63, 3.8) is 0 Å². The van der Waals surface area contributed by atoms with Crippen LogP contribution in [0.1, 0.15) is 26.3 Å². The number of rotatable bonds is 3. The summed E-state index contributed by atoms with van der Waals surface area (Å²) in [6.45, 7) is 0.447. The lowest BCUT2D eigenvalue weighted by Crippen LogP contribution is -2.31. The molecule has 0 N–H and O–H groups in total. The lowest BCUT2D eigenvalue weighted by Gasteiger charge is -2.12. The third-order valence-electron chi connectivity index (χ3n) is 3.08. The Labute approximate surface area is 109 Å². The molecular formula is C14H11NO2S. The van der Waals surface area contributed by atoms with E-state index < -0.39 is 0 Å². The molecule has 0 unspecified atom stereocenters. The van der Waals surface area contributed by atoms with Gasteiger partial charge < -0.3 is 0 Å². The van der Waals surface area contributed by atoms with E-state index in [-0.39, 0.29) is 11.8 Å². The van der Waals surface area contributed by atoms with Crippen molar-refractivity contribution < 1.29 is 9.59 Å². The Morgan fingerprint density at radius 3 is 2.22 bits per heavy atom. The smallest absolute Gasteiger partial charge is 0.261 e. The van der Waals surface area contributed by atoms with Gasteiger partial charge in [0.05, 0.1) is 11.1 Å². The Morgan fingerprint density at radius 2 is 1.67 bits per heavy atom. The fourth-order valence-corrected chi connectivity index (χ4v) is 2.82. The maximum atomic E-state index is 12.1. The first-order valence-corrected chi connectivity index (χ1v) is 6.68. The van der Waals surface area contributed by atoms with Crippen molar-refractivity contribution in [3.8, 4) is 0 Å². The molecule has 1 aromatic heterocycles. The van der Waals surface area contributed by atoms with Gasteiger partial charge in [0.1, 0.15) is 0 Å². The summed E-state index contributed by atoms with van der Waals surface area (Å²) < 4.78 is 0. The van der Waals surface area contributed by atoms with Gasteiger partial charge in [0, 0.05) is 6.54 Å². The van der Waals surface area contributed by atoms with Gasteiger partial charge in [-0.15, -0.1) is 0 Å². The minimum absolute atomic E-state index is 0.175. The molecule has 90 valence electrons. The van der Waals surface area contributed by atoms with Crippen molar-refractivity contribution in [1.29, 1.82) is 0 Å². The Kier molecular flexibility index (Phi) is 2.72. The van der Waals surface area contributed by atoms with Crippen molar-refractivity contribution in [1.82, 2.24) is 4.90 Å². The standard InChI is InChI=1S/C14H11NO2S/c16-13-11-3-1-2-4-12(11)14(17)15(13)7-5-10-6-8-18-9-10/h1-4,6,8-9H,5,7H2. The summed E-state index contributed by atoms with van der Waals surface area (Å²) in [7, 11) is 0. The number of thiophene rings is 1. The topological polar surface area (TPSA) is 37.4 Å².